The molecule has 0 aliphatic heterocycles. The maximum absolute atomic E-state index is 11.2. The highest BCUT2D eigenvalue weighted by molar-refractivity contribution is 7.99. The van der Waals surface area contributed by atoms with Crippen LogP contribution in [0.5, 0.6) is 5.75 Å². The van der Waals surface area contributed by atoms with E-state index in [0.717, 1.165) is 15.5 Å². The van der Waals surface area contributed by atoms with Crippen molar-refractivity contribution >= 4 is 29.0 Å². The van der Waals surface area contributed by atoms with Crippen LogP contribution in [0.3, 0.4) is 0 Å². The lowest BCUT2D eigenvalue weighted by molar-refractivity contribution is 0.100. The predicted octanol–water partition coefficient (Wildman–Crippen LogP) is 3.01. The summed E-state index contributed by atoms with van der Waals surface area (Å²) in [6.45, 7) is 0. The molecule has 2 aromatic rings. The molecule has 1 aromatic heterocycles. The third-order valence-electron chi connectivity index (χ3n) is 2.14. The number of carbonyl (C=O) groups is 1. The number of hydrogen-bond donors (Lipinski definition) is 1. The van der Waals surface area contributed by atoms with E-state index in [9.17, 15) is 4.79 Å². The van der Waals surface area contributed by atoms with Crippen molar-refractivity contribution in [3.8, 4) is 5.75 Å². The third-order valence-corrected chi connectivity index (χ3v) is 4.27. The van der Waals surface area contributed by atoms with Gasteiger partial charge in [-0.15, -0.1) is 11.3 Å². The van der Waals surface area contributed by atoms with Gasteiger partial charge >= 0.3 is 0 Å². The lowest BCUT2D eigenvalue weighted by Gasteiger charge is -2.03. The van der Waals surface area contributed by atoms with E-state index >= 15 is 0 Å². The second-order valence-corrected chi connectivity index (χ2v) is 5.29. The van der Waals surface area contributed by atoms with Crippen LogP contribution < -0.4 is 10.5 Å². The molecule has 2 N–H and O–H groups in total. The number of rotatable bonds is 4. The molecule has 0 aliphatic carbocycles. The van der Waals surface area contributed by atoms with Gasteiger partial charge in [0, 0.05) is 9.79 Å². The van der Waals surface area contributed by atoms with Gasteiger partial charge < -0.3 is 10.5 Å². The molecular formula is C12H11NO2S2. The first-order chi connectivity index (χ1) is 8.20. The second-order valence-electron chi connectivity index (χ2n) is 3.26. The van der Waals surface area contributed by atoms with Crippen LogP contribution in [0.1, 0.15) is 9.67 Å². The van der Waals surface area contributed by atoms with E-state index in [1.54, 1.807) is 7.11 Å². The van der Waals surface area contributed by atoms with E-state index in [0.29, 0.717) is 4.88 Å². The van der Waals surface area contributed by atoms with Crippen LogP contribution in [-0.4, -0.2) is 13.0 Å². The van der Waals surface area contributed by atoms with Crippen molar-refractivity contribution in [1.82, 2.24) is 0 Å². The molecule has 0 atom stereocenters. The average Bonchev–Trinajstić information content (AvgIpc) is 2.78. The number of nitrogens with two attached hydrogens (primary N) is 1. The summed E-state index contributed by atoms with van der Waals surface area (Å²) in [6.07, 6.45) is 0. The van der Waals surface area contributed by atoms with Gasteiger partial charge in [0.15, 0.2) is 0 Å². The lowest BCUT2D eigenvalue weighted by Crippen LogP contribution is -2.09. The molecule has 17 heavy (non-hydrogen) atoms. The normalized spacial score (nSPS) is 10.2. The first-order valence-corrected chi connectivity index (χ1v) is 6.59. The van der Waals surface area contributed by atoms with Crippen LogP contribution in [0.15, 0.2) is 45.5 Å². The predicted molar refractivity (Wildman–Crippen MR) is 70.0 cm³/mol. The number of methoxy groups -OCH3 is 1. The van der Waals surface area contributed by atoms with E-state index in [2.05, 4.69) is 0 Å². The number of ether oxygens (including phenoxy) is 1. The van der Waals surface area contributed by atoms with E-state index in [1.807, 2.05) is 35.7 Å². The Balaban J connectivity index is 2.19. The van der Waals surface area contributed by atoms with Gasteiger partial charge in [0.25, 0.3) is 5.91 Å². The van der Waals surface area contributed by atoms with Crippen LogP contribution in [-0.2, 0) is 0 Å². The van der Waals surface area contributed by atoms with Gasteiger partial charge in [0.2, 0.25) is 0 Å². The number of thiophene rings is 1. The first kappa shape index (κ1) is 12.0. The van der Waals surface area contributed by atoms with Gasteiger partial charge in [-0.1, -0.05) is 11.8 Å². The maximum atomic E-state index is 11.2. The molecule has 0 spiro atoms. The van der Waals surface area contributed by atoms with Crippen molar-refractivity contribution in [2.45, 2.75) is 9.79 Å². The SMILES string of the molecule is COc1ccc(Sc2ccsc2C(N)=O)cc1. The van der Waals surface area contributed by atoms with E-state index in [-0.39, 0.29) is 5.91 Å². The van der Waals surface area contributed by atoms with Gasteiger partial charge in [0.1, 0.15) is 10.6 Å². The minimum atomic E-state index is -0.379. The van der Waals surface area contributed by atoms with Crippen molar-refractivity contribution in [3.63, 3.8) is 0 Å². The third kappa shape index (κ3) is 2.81. The number of primary amides is 1. The average molecular weight is 265 g/mol. The Kier molecular flexibility index (Phi) is 3.71. The zero-order chi connectivity index (χ0) is 12.3. The Hall–Kier alpha value is -1.46. The molecule has 0 unspecified atom stereocenters. The molecular weight excluding hydrogens is 254 g/mol. The molecule has 0 aliphatic rings. The van der Waals surface area contributed by atoms with Crippen molar-refractivity contribution < 1.29 is 9.53 Å². The highest BCUT2D eigenvalue weighted by Gasteiger charge is 2.10. The van der Waals surface area contributed by atoms with Crippen LogP contribution >= 0.6 is 23.1 Å². The Morgan fingerprint density at radius 1 is 1.29 bits per heavy atom. The zero-order valence-electron chi connectivity index (χ0n) is 9.17. The number of carbonyl (C=O) groups excluding carboxylic acids is 1. The number of hydrogen-bond acceptors (Lipinski definition) is 4. The molecule has 0 fully saturated rings. The molecule has 0 radical (unpaired) electrons. The van der Waals surface area contributed by atoms with Gasteiger partial charge in [0.05, 0.1) is 7.11 Å². The summed E-state index contributed by atoms with van der Waals surface area (Å²) in [5.41, 5.74) is 5.30. The van der Waals surface area contributed by atoms with E-state index in [4.69, 9.17) is 10.5 Å². The van der Waals surface area contributed by atoms with Gasteiger partial charge in [-0.3, -0.25) is 4.79 Å². The molecule has 1 heterocycles. The second kappa shape index (κ2) is 5.25. The Morgan fingerprint density at radius 2 is 2.00 bits per heavy atom. The quantitative estimate of drug-likeness (QED) is 0.924. The molecule has 5 heteroatoms. The Morgan fingerprint density at radius 3 is 2.59 bits per heavy atom. The van der Waals surface area contributed by atoms with Crippen molar-refractivity contribution in [2.24, 2.45) is 5.73 Å². The lowest BCUT2D eigenvalue weighted by atomic mass is 10.3. The fourth-order valence-electron chi connectivity index (χ4n) is 1.33. The Labute approximate surface area is 108 Å². The molecule has 3 nitrogen and oxygen atoms in total. The van der Waals surface area contributed by atoms with E-state index in [1.165, 1.54) is 23.1 Å². The largest absolute Gasteiger partial charge is 0.497 e. The van der Waals surface area contributed by atoms with Crippen molar-refractivity contribution in [2.75, 3.05) is 7.11 Å². The minimum Gasteiger partial charge on any atom is -0.497 e. The molecule has 0 saturated carbocycles. The number of benzene rings is 1. The molecule has 2 rings (SSSR count). The maximum Gasteiger partial charge on any atom is 0.259 e. The molecule has 88 valence electrons. The zero-order valence-corrected chi connectivity index (χ0v) is 10.8. The molecule has 0 bridgehead atoms. The smallest absolute Gasteiger partial charge is 0.259 e. The highest BCUT2D eigenvalue weighted by Crippen LogP contribution is 2.33. The summed E-state index contributed by atoms with van der Waals surface area (Å²) < 4.78 is 5.09. The van der Waals surface area contributed by atoms with Gasteiger partial charge in [-0.25, -0.2) is 0 Å². The molecule has 0 saturated heterocycles. The van der Waals surface area contributed by atoms with E-state index < -0.39 is 0 Å². The Bertz CT molecular complexity index is 520. The monoisotopic (exact) mass is 265 g/mol. The van der Waals surface area contributed by atoms with Crippen LogP contribution in [0.4, 0.5) is 0 Å². The van der Waals surface area contributed by atoms with Crippen molar-refractivity contribution in [1.29, 1.82) is 0 Å². The molecule has 1 amide bonds. The minimum absolute atomic E-state index is 0.379. The summed E-state index contributed by atoms with van der Waals surface area (Å²) in [5, 5.41) is 1.87. The summed E-state index contributed by atoms with van der Waals surface area (Å²) in [6, 6.07) is 9.58. The summed E-state index contributed by atoms with van der Waals surface area (Å²) in [5.74, 6) is 0.436. The fraction of sp³-hybridized carbons (Fsp3) is 0.0833. The molecule has 1 aromatic carbocycles. The van der Waals surface area contributed by atoms with Crippen LogP contribution in [0.2, 0.25) is 0 Å². The van der Waals surface area contributed by atoms with Crippen LogP contribution in [0, 0.1) is 0 Å². The standard InChI is InChI=1S/C12H11NO2S2/c1-15-8-2-4-9(5-3-8)17-10-6-7-16-11(10)12(13)14/h2-7H,1H3,(H2,13,14). The summed E-state index contributed by atoms with van der Waals surface area (Å²) in [4.78, 5) is 13.7. The van der Waals surface area contributed by atoms with Crippen molar-refractivity contribution in [3.05, 3.63) is 40.6 Å². The van der Waals surface area contributed by atoms with Gasteiger partial charge in [-0.05, 0) is 35.7 Å². The number of amides is 1. The first-order valence-electron chi connectivity index (χ1n) is 4.90. The topological polar surface area (TPSA) is 52.3 Å². The summed E-state index contributed by atoms with van der Waals surface area (Å²) in [7, 11) is 1.63. The fourth-order valence-corrected chi connectivity index (χ4v) is 3.18. The van der Waals surface area contributed by atoms with Crippen LogP contribution in [0.25, 0.3) is 0 Å². The summed E-state index contributed by atoms with van der Waals surface area (Å²) >= 11 is 2.89. The van der Waals surface area contributed by atoms with Gasteiger partial charge in [-0.2, -0.15) is 0 Å². The highest BCUT2D eigenvalue weighted by atomic mass is 32.2.